The van der Waals surface area contributed by atoms with Crippen molar-refractivity contribution >= 4 is 5.97 Å². The minimum Gasteiger partial charge on any atom is -0.497 e. The van der Waals surface area contributed by atoms with Crippen LogP contribution in [0, 0.1) is 0 Å². The first kappa shape index (κ1) is 13.5. The van der Waals surface area contributed by atoms with Crippen LogP contribution in [0.5, 0.6) is 5.75 Å². The van der Waals surface area contributed by atoms with Gasteiger partial charge in [0.2, 0.25) is 0 Å². The first-order valence-corrected chi connectivity index (χ1v) is 5.43. The third-order valence-corrected chi connectivity index (χ3v) is 2.33. The molecule has 0 spiro atoms. The van der Waals surface area contributed by atoms with Crippen LogP contribution >= 0.6 is 0 Å². The van der Waals surface area contributed by atoms with E-state index in [2.05, 4.69) is 5.32 Å². The lowest BCUT2D eigenvalue weighted by Gasteiger charge is -2.10. The lowest BCUT2D eigenvalue weighted by molar-refractivity contribution is -0.137. The highest BCUT2D eigenvalue weighted by Crippen LogP contribution is 2.10. The minimum absolute atomic E-state index is 0.0182. The maximum absolute atomic E-state index is 10.4. The SMILES string of the molecule is COc1ccc(CNCC(N)CC(=O)O)cc1. The van der Waals surface area contributed by atoms with Gasteiger partial charge in [0.15, 0.2) is 0 Å². The third kappa shape index (κ3) is 5.33. The van der Waals surface area contributed by atoms with Gasteiger partial charge in [0.1, 0.15) is 5.75 Å². The summed E-state index contributed by atoms with van der Waals surface area (Å²) in [5.74, 6) is -0.0555. The summed E-state index contributed by atoms with van der Waals surface area (Å²) in [6.45, 7) is 1.15. The Bertz CT molecular complexity index is 351. The number of methoxy groups -OCH3 is 1. The van der Waals surface area contributed by atoms with Crippen molar-refractivity contribution in [2.45, 2.75) is 19.0 Å². The molecule has 0 aromatic heterocycles. The van der Waals surface area contributed by atoms with E-state index < -0.39 is 5.97 Å². The van der Waals surface area contributed by atoms with E-state index in [1.54, 1.807) is 7.11 Å². The van der Waals surface area contributed by atoms with E-state index in [0.717, 1.165) is 11.3 Å². The summed E-state index contributed by atoms with van der Waals surface area (Å²) in [5.41, 5.74) is 6.73. The second-order valence-electron chi connectivity index (χ2n) is 3.84. The highest BCUT2D eigenvalue weighted by atomic mass is 16.5. The van der Waals surface area contributed by atoms with E-state index in [1.807, 2.05) is 24.3 Å². The zero-order chi connectivity index (χ0) is 12.7. The van der Waals surface area contributed by atoms with Crippen LogP contribution in [-0.2, 0) is 11.3 Å². The predicted octanol–water partition coefficient (Wildman–Crippen LogP) is 0.587. The highest BCUT2D eigenvalue weighted by Gasteiger charge is 2.06. The van der Waals surface area contributed by atoms with Gasteiger partial charge in [-0.25, -0.2) is 0 Å². The molecule has 0 aliphatic carbocycles. The van der Waals surface area contributed by atoms with Gasteiger partial charge in [0.05, 0.1) is 13.5 Å². The summed E-state index contributed by atoms with van der Waals surface area (Å²) in [4.78, 5) is 10.4. The van der Waals surface area contributed by atoms with Crippen molar-refractivity contribution < 1.29 is 14.6 Å². The maximum atomic E-state index is 10.4. The van der Waals surface area contributed by atoms with Crippen LogP contribution in [0.15, 0.2) is 24.3 Å². The number of rotatable bonds is 7. The number of aliphatic carboxylic acids is 1. The number of carbonyl (C=O) groups is 1. The van der Waals surface area contributed by atoms with Gasteiger partial charge in [0, 0.05) is 19.1 Å². The van der Waals surface area contributed by atoms with Crippen LogP contribution in [0.4, 0.5) is 0 Å². The molecule has 94 valence electrons. The molecule has 5 nitrogen and oxygen atoms in total. The van der Waals surface area contributed by atoms with Gasteiger partial charge < -0.3 is 20.9 Å². The number of hydrogen-bond acceptors (Lipinski definition) is 4. The fraction of sp³-hybridized carbons (Fsp3) is 0.417. The smallest absolute Gasteiger partial charge is 0.304 e. The summed E-state index contributed by atoms with van der Waals surface area (Å²) in [6.07, 6.45) is -0.0182. The summed E-state index contributed by atoms with van der Waals surface area (Å²) in [5, 5.41) is 11.7. The Labute approximate surface area is 101 Å². The third-order valence-electron chi connectivity index (χ3n) is 2.33. The van der Waals surface area contributed by atoms with Crippen LogP contribution in [0.1, 0.15) is 12.0 Å². The lowest BCUT2D eigenvalue weighted by atomic mass is 10.2. The molecule has 0 radical (unpaired) electrons. The van der Waals surface area contributed by atoms with Gasteiger partial charge in [-0.15, -0.1) is 0 Å². The van der Waals surface area contributed by atoms with E-state index >= 15 is 0 Å². The van der Waals surface area contributed by atoms with Gasteiger partial charge in [-0.05, 0) is 17.7 Å². The molecule has 0 amide bonds. The first-order valence-electron chi connectivity index (χ1n) is 5.43. The fourth-order valence-electron chi connectivity index (χ4n) is 1.44. The van der Waals surface area contributed by atoms with E-state index in [0.29, 0.717) is 13.1 Å². The summed E-state index contributed by atoms with van der Waals surface area (Å²) in [6, 6.07) is 7.32. The van der Waals surface area contributed by atoms with Gasteiger partial charge in [-0.2, -0.15) is 0 Å². The van der Waals surface area contributed by atoms with E-state index in [1.165, 1.54) is 0 Å². The topological polar surface area (TPSA) is 84.6 Å². The van der Waals surface area contributed by atoms with Crippen molar-refractivity contribution in [3.8, 4) is 5.75 Å². The Morgan fingerprint density at radius 2 is 2.12 bits per heavy atom. The number of carboxylic acids is 1. The normalized spacial score (nSPS) is 12.1. The van der Waals surface area contributed by atoms with Crippen molar-refractivity contribution in [2.24, 2.45) is 5.73 Å². The molecule has 1 atom stereocenters. The Balaban J connectivity index is 2.28. The van der Waals surface area contributed by atoms with Crippen molar-refractivity contribution in [2.75, 3.05) is 13.7 Å². The zero-order valence-electron chi connectivity index (χ0n) is 9.85. The van der Waals surface area contributed by atoms with Crippen molar-refractivity contribution in [1.82, 2.24) is 5.32 Å². The molecule has 4 N–H and O–H groups in total. The molecule has 0 saturated heterocycles. The average molecular weight is 238 g/mol. The summed E-state index contributed by atoms with van der Waals surface area (Å²) >= 11 is 0. The Kier molecular flexibility index (Phi) is 5.45. The predicted molar refractivity (Wildman–Crippen MR) is 64.9 cm³/mol. The average Bonchev–Trinajstić information content (AvgIpc) is 2.29. The van der Waals surface area contributed by atoms with Gasteiger partial charge in [-0.3, -0.25) is 4.79 Å². The number of hydrogen-bond donors (Lipinski definition) is 3. The summed E-state index contributed by atoms with van der Waals surface area (Å²) < 4.78 is 5.05. The molecule has 0 fully saturated rings. The van der Waals surface area contributed by atoms with Crippen molar-refractivity contribution in [1.29, 1.82) is 0 Å². The van der Waals surface area contributed by atoms with Gasteiger partial charge in [0.25, 0.3) is 0 Å². The number of carboxylic acid groups (broad SMARTS) is 1. The van der Waals surface area contributed by atoms with Gasteiger partial charge in [-0.1, -0.05) is 12.1 Å². The quantitative estimate of drug-likeness (QED) is 0.647. The van der Waals surface area contributed by atoms with E-state index in [4.69, 9.17) is 15.6 Å². The van der Waals surface area contributed by atoms with Crippen LogP contribution in [0.3, 0.4) is 0 Å². The first-order chi connectivity index (χ1) is 8.11. The number of ether oxygens (including phenoxy) is 1. The number of nitrogens with two attached hydrogens (primary N) is 1. The molecule has 0 saturated carbocycles. The van der Waals surface area contributed by atoms with Crippen LogP contribution < -0.4 is 15.8 Å². The second kappa shape index (κ2) is 6.88. The molecular formula is C12H18N2O3. The highest BCUT2D eigenvalue weighted by molar-refractivity contribution is 5.67. The number of nitrogens with one attached hydrogen (secondary N) is 1. The van der Waals surface area contributed by atoms with Crippen molar-refractivity contribution in [3.63, 3.8) is 0 Å². The molecule has 1 unspecified atom stereocenters. The standard InChI is InChI=1S/C12H18N2O3/c1-17-11-4-2-9(3-5-11)7-14-8-10(13)6-12(15)16/h2-5,10,14H,6-8,13H2,1H3,(H,15,16). The van der Waals surface area contributed by atoms with Crippen LogP contribution in [0.25, 0.3) is 0 Å². The molecule has 0 heterocycles. The number of benzene rings is 1. The molecule has 0 aliphatic rings. The summed E-state index contributed by atoms with van der Waals surface area (Å²) in [7, 11) is 1.62. The molecule has 1 aromatic carbocycles. The molecule has 5 heteroatoms. The molecule has 0 aliphatic heterocycles. The van der Waals surface area contributed by atoms with Crippen molar-refractivity contribution in [3.05, 3.63) is 29.8 Å². The molecule has 1 aromatic rings. The maximum Gasteiger partial charge on any atom is 0.304 e. The monoisotopic (exact) mass is 238 g/mol. The molecule has 0 bridgehead atoms. The largest absolute Gasteiger partial charge is 0.497 e. The molecule has 17 heavy (non-hydrogen) atoms. The fourth-order valence-corrected chi connectivity index (χ4v) is 1.44. The minimum atomic E-state index is -0.872. The van der Waals surface area contributed by atoms with E-state index in [-0.39, 0.29) is 12.5 Å². The van der Waals surface area contributed by atoms with Gasteiger partial charge >= 0.3 is 5.97 Å². The van der Waals surface area contributed by atoms with Crippen LogP contribution in [0.2, 0.25) is 0 Å². The molecule has 1 rings (SSSR count). The Hall–Kier alpha value is -1.59. The zero-order valence-corrected chi connectivity index (χ0v) is 9.85. The van der Waals surface area contributed by atoms with E-state index in [9.17, 15) is 4.79 Å². The second-order valence-corrected chi connectivity index (χ2v) is 3.84. The Morgan fingerprint density at radius 3 is 2.65 bits per heavy atom. The Morgan fingerprint density at radius 1 is 1.47 bits per heavy atom. The lowest BCUT2D eigenvalue weighted by Crippen LogP contribution is -2.35. The van der Waals surface area contributed by atoms with Crippen LogP contribution in [-0.4, -0.2) is 30.8 Å². The molecular weight excluding hydrogens is 220 g/mol.